The molecule has 0 aromatic carbocycles. The highest BCUT2D eigenvalue weighted by Crippen LogP contribution is 2.38. The topological polar surface area (TPSA) is 111 Å². The van der Waals surface area contributed by atoms with Gasteiger partial charge in [-0.1, -0.05) is 192 Å². The Morgan fingerprint density at radius 1 is 0.484 bits per heavy atom. The quantitative estimate of drug-likeness (QED) is 0.0195. The summed E-state index contributed by atoms with van der Waals surface area (Å²) < 4.78 is 34.1. The lowest BCUT2D eigenvalue weighted by Crippen LogP contribution is -2.37. The van der Waals surface area contributed by atoms with Gasteiger partial charge in [-0.15, -0.1) is 0 Å². The van der Waals surface area contributed by atoms with Gasteiger partial charge in [-0.3, -0.25) is 14.2 Å². The number of rotatable bonds is 48. The number of likely N-dealkylation sites (N-methyl/N-ethyl adjacent to an activating group) is 1. The molecule has 0 fully saturated rings. The van der Waals surface area contributed by atoms with Crippen LogP contribution in [0.5, 0.6) is 0 Å². The Balaban J connectivity index is 4.23. The molecule has 0 aromatic rings. The maximum absolute atomic E-state index is 12.7. The average molecular weight is 898 g/mol. The largest absolute Gasteiger partial charge is 0.756 e. The maximum Gasteiger partial charge on any atom is 0.306 e. The Morgan fingerprint density at radius 3 is 1.19 bits per heavy atom. The molecule has 9 nitrogen and oxygen atoms in total. The predicted octanol–water partition coefficient (Wildman–Crippen LogP) is 14.8. The van der Waals surface area contributed by atoms with E-state index in [1.807, 2.05) is 21.1 Å². The Bertz CT molecular complexity index is 1110. The molecule has 0 spiro atoms. The minimum atomic E-state index is -4.63. The third-order valence-corrected chi connectivity index (χ3v) is 12.4. The number of unbranched alkanes of at least 4 members (excludes halogenated alkanes) is 30. The summed E-state index contributed by atoms with van der Waals surface area (Å²) in [6, 6.07) is 0. The molecule has 0 aromatic heterocycles. The fourth-order valence-corrected chi connectivity index (χ4v) is 8.08. The van der Waals surface area contributed by atoms with Crippen LogP contribution in [0.1, 0.15) is 245 Å². The Labute approximate surface area is 383 Å². The number of hydrogen-bond acceptors (Lipinski definition) is 8. The molecule has 366 valence electrons. The number of carbonyl (C=O) groups is 2. The van der Waals surface area contributed by atoms with Crippen molar-refractivity contribution in [2.24, 2.45) is 0 Å². The number of phosphoric acid groups is 1. The summed E-state index contributed by atoms with van der Waals surface area (Å²) in [6.45, 7) is 4.25. The van der Waals surface area contributed by atoms with E-state index in [1.165, 1.54) is 173 Å². The van der Waals surface area contributed by atoms with E-state index in [4.69, 9.17) is 18.5 Å². The fourth-order valence-electron chi connectivity index (χ4n) is 7.35. The number of allylic oxidation sites excluding steroid dienone is 4. The molecular weight excluding hydrogens is 798 g/mol. The first-order chi connectivity index (χ1) is 30.0. The molecular formula is C52H100NO8P. The first-order valence-corrected chi connectivity index (χ1v) is 27.5. The zero-order chi connectivity index (χ0) is 45.7. The zero-order valence-electron chi connectivity index (χ0n) is 41.3. The second kappa shape index (κ2) is 44.7. The van der Waals surface area contributed by atoms with Crippen molar-refractivity contribution in [2.75, 3.05) is 47.5 Å². The molecule has 10 heteroatoms. The van der Waals surface area contributed by atoms with Crippen molar-refractivity contribution in [3.05, 3.63) is 24.3 Å². The van der Waals surface area contributed by atoms with Gasteiger partial charge < -0.3 is 27.9 Å². The van der Waals surface area contributed by atoms with E-state index in [1.54, 1.807) is 0 Å². The zero-order valence-corrected chi connectivity index (χ0v) is 42.2. The minimum absolute atomic E-state index is 0.0298. The molecule has 2 atom stereocenters. The van der Waals surface area contributed by atoms with Crippen LogP contribution in [0.3, 0.4) is 0 Å². The van der Waals surface area contributed by atoms with Gasteiger partial charge in [0.05, 0.1) is 27.7 Å². The minimum Gasteiger partial charge on any atom is -0.756 e. The third kappa shape index (κ3) is 48.0. The van der Waals surface area contributed by atoms with Crippen molar-refractivity contribution in [1.29, 1.82) is 0 Å². The monoisotopic (exact) mass is 898 g/mol. The standard InChI is InChI=1S/C52H100NO8P/c1-6-8-10-12-14-16-18-20-22-24-26-28-30-32-34-36-38-40-42-44-51(54)58-48-50(49-60-62(56,57)59-47-46-53(3,4)5)61-52(55)45-43-41-39-37-35-33-31-29-27-25-23-21-19-17-15-13-11-9-7-2/h20-23,50H,6-19,24-49H2,1-5H3/b22-20+,23-21+/t50-/m1/s1. The highest BCUT2D eigenvalue weighted by atomic mass is 31.2. The first-order valence-electron chi connectivity index (χ1n) is 26.0. The summed E-state index contributed by atoms with van der Waals surface area (Å²) in [6.07, 6.45) is 50.6. The number of carbonyl (C=O) groups excluding carboxylic acids is 2. The molecule has 0 aliphatic rings. The van der Waals surface area contributed by atoms with Gasteiger partial charge in [-0.25, -0.2) is 0 Å². The number of esters is 2. The van der Waals surface area contributed by atoms with Gasteiger partial charge >= 0.3 is 11.9 Å². The Hall–Kier alpha value is -1.51. The van der Waals surface area contributed by atoms with Crippen LogP contribution in [0.15, 0.2) is 24.3 Å². The van der Waals surface area contributed by atoms with Crippen molar-refractivity contribution < 1.29 is 42.1 Å². The maximum atomic E-state index is 12.7. The van der Waals surface area contributed by atoms with Crippen molar-refractivity contribution in [3.63, 3.8) is 0 Å². The smallest absolute Gasteiger partial charge is 0.306 e. The SMILES string of the molecule is CCCCCCCC/C=C/CCCCCCCCCCCC(=O)OC[C@H](COP(=O)([O-])OCC[N+](C)(C)C)OC(=O)CCCCCCCCCCC/C=C/CCCCCCCC. The number of ether oxygens (including phenoxy) is 2. The lowest BCUT2D eigenvalue weighted by molar-refractivity contribution is -0.870. The summed E-state index contributed by atoms with van der Waals surface area (Å²) in [5.74, 6) is -0.829. The van der Waals surface area contributed by atoms with Crippen molar-refractivity contribution in [1.82, 2.24) is 0 Å². The lowest BCUT2D eigenvalue weighted by atomic mass is 10.1. The average Bonchev–Trinajstić information content (AvgIpc) is 3.23. The Morgan fingerprint density at radius 2 is 0.823 bits per heavy atom. The highest BCUT2D eigenvalue weighted by Gasteiger charge is 2.21. The van der Waals surface area contributed by atoms with E-state index in [2.05, 4.69) is 38.2 Å². The molecule has 0 bridgehead atoms. The van der Waals surface area contributed by atoms with E-state index in [0.717, 1.165) is 38.5 Å². The molecule has 0 heterocycles. The summed E-state index contributed by atoms with van der Waals surface area (Å²) in [4.78, 5) is 37.7. The molecule has 62 heavy (non-hydrogen) atoms. The molecule has 0 saturated carbocycles. The van der Waals surface area contributed by atoms with Gasteiger partial charge in [0.25, 0.3) is 7.82 Å². The van der Waals surface area contributed by atoms with Crippen LogP contribution in [-0.4, -0.2) is 70.0 Å². The molecule has 0 radical (unpaired) electrons. The van der Waals surface area contributed by atoms with Crippen molar-refractivity contribution in [2.45, 2.75) is 251 Å². The summed E-state index contributed by atoms with van der Waals surface area (Å²) in [7, 11) is 1.17. The van der Waals surface area contributed by atoms with Gasteiger partial charge in [0.2, 0.25) is 0 Å². The van der Waals surface area contributed by atoms with Gasteiger partial charge in [-0.2, -0.15) is 0 Å². The van der Waals surface area contributed by atoms with E-state index < -0.39 is 26.5 Å². The first kappa shape index (κ1) is 60.5. The second-order valence-corrected chi connectivity index (χ2v) is 20.3. The summed E-state index contributed by atoms with van der Waals surface area (Å²) in [5.41, 5.74) is 0. The number of hydrogen-bond donors (Lipinski definition) is 0. The summed E-state index contributed by atoms with van der Waals surface area (Å²) >= 11 is 0. The van der Waals surface area contributed by atoms with Gasteiger partial charge in [-0.05, 0) is 64.2 Å². The number of nitrogens with zero attached hydrogens (tertiary/aromatic N) is 1. The van der Waals surface area contributed by atoms with E-state index in [9.17, 15) is 19.0 Å². The van der Waals surface area contributed by atoms with Crippen molar-refractivity contribution >= 4 is 19.8 Å². The van der Waals surface area contributed by atoms with Crippen LogP contribution in [0.4, 0.5) is 0 Å². The van der Waals surface area contributed by atoms with E-state index in [-0.39, 0.29) is 32.0 Å². The van der Waals surface area contributed by atoms with Crippen LogP contribution in [0.2, 0.25) is 0 Å². The van der Waals surface area contributed by atoms with E-state index in [0.29, 0.717) is 17.4 Å². The van der Waals surface area contributed by atoms with Gasteiger partial charge in [0, 0.05) is 12.8 Å². The van der Waals surface area contributed by atoms with Gasteiger partial charge in [0.15, 0.2) is 6.10 Å². The molecule has 0 aliphatic heterocycles. The number of quaternary nitrogens is 1. The molecule has 0 rings (SSSR count). The fraction of sp³-hybridized carbons (Fsp3) is 0.885. The van der Waals surface area contributed by atoms with Crippen LogP contribution in [0, 0.1) is 0 Å². The molecule has 1 unspecified atom stereocenters. The third-order valence-electron chi connectivity index (χ3n) is 11.4. The molecule has 0 aliphatic carbocycles. The van der Waals surface area contributed by atoms with E-state index >= 15 is 0 Å². The normalized spacial score (nSPS) is 13.6. The van der Waals surface area contributed by atoms with Crippen molar-refractivity contribution in [3.8, 4) is 0 Å². The molecule has 0 saturated heterocycles. The van der Waals surface area contributed by atoms with Crippen LogP contribution >= 0.6 is 7.82 Å². The van der Waals surface area contributed by atoms with Crippen LogP contribution in [0.25, 0.3) is 0 Å². The van der Waals surface area contributed by atoms with Crippen LogP contribution < -0.4 is 4.89 Å². The van der Waals surface area contributed by atoms with Crippen LogP contribution in [-0.2, 0) is 32.7 Å². The summed E-state index contributed by atoms with van der Waals surface area (Å²) in [5, 5.41) is 0. The lowest BCUT2D eigenvalue weighted by Gasteiger charge is -2.28. The number of phosphoric ester groups is 1. The second-order valence-electron chi connectivity index (χ2n) is 18.9. The molecule has 0 N–H and O–H groups in total. The predicted molar refractivity (Wildman–Crippen MR) is 259 cm³/mol. The highest BCUT2D eigenvalue weighted by molar-refractivity contribution is 7.45. The van der Waals surface area contributed by atoms with Gasteiger partial charge in [0.1, 0.15) is 19.8 Å². The molecule has 0 amide bonds. The Kier molecular flexibility index (Phi) is 43.6.